The smallest absolute Gasteiger partial charge is 0.271 e. The molecule has 8 heteroatoms. The summed E-state index contributed by atoms with van der Waals surface area (Å²) in [7, 11) is -3.64. The molecule has 0 unspecified atom stereocenters. The van der Waals surface area contributed by atoms with Gasteiger partial charge >= 0.3 is 0 Å². The molecule has 144 valence electrons. The molecule has 1 aliphatic carbocycles. The van der Waals surface area contributed by atoms with E-state index in [1.54, 1.807) is 30.3 Å². The monoisotopic (exact) mass is 476 g/mol. The number of hydrogen-bond acceptors (Lipinski definition) is 4. The average molecular weight is 477 g/mol. The van der Waals surface area contributed by atoms with Crippen molar-refractivity contribution in [3.63, 3.8) is 0 Å². The van der Waals surface area contributed by atoms with E-state index in [1.165, 1.54) is 17.2 Å². The second kappa shape index (κ2) is 7.69. The van der Waals surface area contributed by atoms with Crippen LogP contribution in [0.25, 0.3) is 0 Å². The highest BCUT2D eigenvalue weighted by atomic mass is 79.9. The van der Waals surface area contributed by atoms with Crippen LogP contribution in [-0.4, -0.2) is 14.3 Å². The lowest BCUT2D eigenvalue weighted by Crippen LogP contribution is -2.13. The van der Waals surface area contributed by atoms with E-state index in [-0.39, 0.29) is 10.1 Å². The minimum atomic E-state index is -3.64. The summed E-state index contributed by atoms with van der Waals surface area (Å²) < 4.78 is 28.2. The molecular weight excluding hydrogens is 460 g/mol. The highest BCUT2D eigenvalue weighted by Gasteiger charge is 2.17. The van der Waals surface area contributed by atoms with Gasteiger partial charge in [-0.25, -0.2) is 8.42 Å². The van der Waals surface area contributed by atoms with Gasteiger partial charge in [0.1, 0.15) is 4.21 Å². The number of sulfonamides is 1. The summed E-state index contributed by atoms with van der Waals surface area (Å²) in [5, 5.41) is 2.90. The summed E-state index contributed by atoms with van der Waals surface area (Å²) in [5.41, 5.74) is 4.29. The van der Waals surface area contributed by atoms with Gasteiger partial charge in [-0.15, -0.1) is 11.3 Å². The number of thiophene rings is 1. The summed E-state index contributed by atoms with van der Waals surface area (Å²) in [6.07, 6.45) is 3.31. The van der Waals surface area contributed by atoms with Gasteiger partial charge in [0, 0.05) is 16.9 Å². The van der Waals surface area contributed by atoms with E-state index in [9.17, 15) is 13.2 Å². The Morgan fingerprint density at radius 1 is 0.929 bits per heavy atom. The molecule has 0 atom stereocenters. The molecule has 1 aromatic heterocycles. The number of carbonyl (C=O) groups excluding carboxylic acids is 1. The molecule has 2 aromatic carbocycles. The van der Waals surface area contributed by atoms with E-state index in [0.29, 0.717) is 11.3 Å². The number of aryl methyl sites for hydroxylation is 2. The standard InChI is InChI=1S/C20H17BrN2O3S2/c21-18-10-11-19(27-18)28(25,26)23-16-7-5-14(6-8-16)20(24)22-17-9-4-13-2-1-3-15(13)12-17/h4-12,23H,1-3H2,(H,22,24). The molecule has 1 amide bonds. The summed E-state index contributed by atoms with van der Waals surface area (Å²) in [6.45, 7) is 0. The zero-order chi connectivity index (χ0) is 19.7. The van der Waals surface area contributed by atoms with Crippen LogP contribution in [0.1, 0.15) is 27.9 Å². The fraction of sp³-hybridized carbons (Fsp3) is 0.150. The lowest BCUT2D eigenvalue weighted by Gasteiger charge is -2.09. The number of amides is 1. The minimum absolute atomic E-state index is 0.220. The van der Waals surface area contributed by atoms with E-state index >= 15 is 0 Å². The fourth-order valence-corrected chi connectivity index (χ4v) is 6.26. The van der Waals surface area contributed by atoms with Crippen LogP contribution < -0.4 is 10.0 Å². The van der Waals surface area contributed by atoms with Gasteiger partial charge in [-0.05, 0) is 94.9 Å². The third-order valence-corrected chi connectivity index (χ3v) is 8.07. The predicted octanol–water partition coefficient (Wildman–Crippen LogP) is 5.05. The SMILES string of the molecule is O=C(Nc1ccc2c(c1)CCC2)c1ccc(NS(=O)(=O)c2ccc(Br)s2)cc1. The molecule has 0 spiro atoms. The molecule has 0 bridgehead atoms. The van der Waals surface area contributed by atoms with Gasteiger partial charge in [-0.1, -0.05) is 6.07 Å². The minimum Gasteiger partial charge on any atom is -0.322 e. The Hall–Kier alpha value is -2.16. The first-order valence-electron chi connectivity index (χ1n) is 8.72. The van der Waals surface area contributed by atoms with Crippen LogP contribution in [0.5, 0.6) is 0 Å². The zero-order valence-corrected chi connectivity index (χ0v) is 18.0. The number of benzene rings is 2. The first-order valence-corrected chi connectivity index (χ1v) is 11.8. The topological polar surface area (TPSA) is 75.3 Å². The summed E-state index contributed by atoms with van der Waals surface area (Å²) in [6, 6.07) is 15.6. The van der Waals surface area contributed by atoms with Crippen LogP contribution in [0.3, 0.4) is 0 Å². The van der Waals surface area contributed by atoms with E-state index in [0.717, 1.165) is 40.1 Å². The Kier molecular flexibility index (Phi) is 5.27. The zero-order valence-electron chi connectivity index (χ0n) is 14.7. The van der Waals surface area contributed by atoms with Crippen LogP contribution in [0, 0.1) is 0 Å². The van der Waals surface area contributed by atoms with E-state index < -0.39 is 10.0 Å². The van der Waals surface area contributed by atoms with Gasteiger partial charge in [0.05, 0.1) is 3.79 Å². The largest absolute Gasteiger partial charge is 0.322 e. The van der Waals surface area contributed by atoms with Crippen LogP contribution in [0.4, 0.5) is 11.4 Å². The van der Waals surface area contributed by atoms with Gasteiger partial charge in [0.15, 0.2) is 0 Å². The number of hydrogen-bond donors (Lipinski definition) is 2. The van der Waals surface area contributed by atoms with Crippen molar-refractivity contribution in [1.82, 2.24) is 0 Å². The number of nitrogens with one attached hydrogen (secondary N) is 2. The van der Waals surface area contributed by atoms with Crippen molar-refractivity contribution in [1.29, 1.82) is 0 Å². The van der Waals surface area contributed by atoms with Crippen molar-refractivity contribution in [2.45, 2.75) is 23.5 Å². The maximum Gasteiger partial charge on any atom is 0.271 e. The van der Waals surface area contributed by atoms with Crippen molar-refractivity contribution in [2.75, 3.05) is 10.0 Å². The van der Waals surface area contributed by atoms with Crippen molar-refractivity contribution in [3.05, 3.63) is 75.1 Å². The summed E-state index contributed by atoms with van der Waals surface area (Å²) in [4.78, 5) is 12.5. The third-order valence-electron chi connectivity index (χ3n) is 4.57. The fourth-order valence-electron chi connectivity index (χ4n) is 3.19. The van der Waals surface area contributed by atoms with E-state index in [2.05, 4.69) is 32.0 Å². The quantitative estimate of drug-likeness (QED) is 0.540. The molecule has 1 aliphatic rings. The molecule has 4 rings (SSSR count). The Morgan fingerprint density at radius 3 is 2.36 bits per heavy atom. The lowest BCUT2D eigenvalue weighted by molar-refractivity contribution is 0.102. The Bertz CT molecular complexity index is 1140. The number of fused-ring (bicyclic) bond motifs is 1. The molecule has 0 saturated carbocycles. The van der Waals surface area contributed by atoms with Crippen LogP contribution in [0.2, 0.25) is 0 Å². The summed E-state index contributed by atoms with van der Waals surface area (Å²) in [5.74, 6) is -0.227. The maximum atomic E-state index is 12.5. The van der Waals surface area contributed by atoms with Gasteiger partial charge in [0.2, 0.25) is 0 Å². The highest BCUT2D eigenvalue weighted by molar-refractivity contribution is 9.11. The highest BCUT2D eigenvalue weighted by Crippen LogP contribution is 2.28. The van der Waals surface area contributed by atoms with Crippen LogP contribution in [0.15, 0.2) is 62.6 Å². The first kappa shape index (κ1) is 19.2. The molecule has 3 aromatic rings. The van der Waals surface area contributed by atoms with Gasteiger partial charge in [0.25, 0.3) is 15.9 Å². The molecule has 28 heavy (non-hydrogen) atoms. The second-order valence-corrected chi connectivity index (χ2v) is 10.9. The average Bonchev–Trinajstić information content (AvgIpc) is 3.30. The van der Waals surface area contributed by atoms with Crippen molar-refractivity contribution >= 4 is 54.6 Å². The molecule has 2 N–H and O–H groups in total. The van der Waals surface area contributed by atoms with Crippen LogP contribution >= 0.6 is 27.3 Å². The Balaban J connectivity index is 1.44. The lowest BCUT2D eigenvalue weighted by atomic mass is 10.1. The Labute approximate surface area is 176 Å². The third kappa shape index (κ3) is 4.14. The molecular formula is C20H17BrN2O3S2. The number of anilines is 2. The molecule has 0 aliphatic heterocycles. The predicted molar refractivity (Wildman–Crippen MR) is 116 cm³/mol. The molecule has 0 saturated heterocycles. The molecule has 5 nitrogen and oxygen atoms in total. The van der Waals surface area contributed by atoms with Gasteiger partial charge < -0.3 is 5.32 Å². The summed E-state index contributed by atoms with van der Waals surface area (Å²) >= 11 is 4.39. The van der Waals surface area contributed by atoms with Crippen LogP contribution in [-0.2, 0) is 22.9 Å². The maximum absolute atomic E-state index is 12.5. The number of carbonyl (C=O) groups is 1. The number of halogens is 1. The first-order chi connectivity index (χ1) is 13.4. The second-order valence-electron chi connectivity index (χ2n) is 6.53. The molecule has 0 fully saturated rings. The van der Waals surface area contributed by atoms with Gasteiger partial charge in [-0.2, -0.15) is 0 Å². The van der Waals surface area contributed by atoms with E-state index in [1.807, 2.05) is 12.1 Å². The molecule has 1 heterocycles. The Morgan fingerprint density at radius 2 is 1.64 bits per heavy atom. The van der Waals surface area contributed by atoms with Crippen molar-refractivity contribution < 1.29 is 13.2 Å². The van der Waals surface area contributed by atoms with Gasteiger partial charge in [-0.3, -0.25) is 9.52 Å². The van der Waals surface area contributed by atoms with Crippen molar-refractivity contribution in [3.8, 4) is 0 Å². The van der Waals surface area contributed by atoms with Crippen molar-refractivity contribution in [2.24, 2.45) is 0 Å². The normalized spacial score (nSPS) is 13.2. The number of rotatable bonds is 5. The molecule has 0 radical (unpaired) electrons. The van der Waals surface area contributed by atoms with E-state index in [4.69, 9.17) is 0 Å².